The average Bonchev–Trinajstić information content (AvgIpc) is 2.42. The van der Waals surface area contributed by atoms with Crippen molar-refractivity contribution in [2.45, 2.75) is 70.7 Å². The molecule has 0 aromatic heterocycles. The third-order valence-electron chi connectivity index (χ3n) is 4.11. The molecule has 0 aliphatic carbocycles. The highest BCUT2D eigenvalue weighted by Gasteiger charge is 2.28. The predicted octanol–water partition coefficient (Wildman–Crippen LogP) is 3.31. The lowest BCUT2D eigenvalue weighted by molar-refractivity contribution is -0.0592. The van der Waals surface area contributed by atoms with E-state index in [1.54, 1.807) is 7.11 Å². The number of hydrogen-bond donors (Lipinski definition) is 1. The molecule has 0 bridgehead atoms. The van der Waals surface area contributed by atoms with E-state index in [1.807, 2.05) is 0 Å². The third kappa shape index (κ3) is 5.25. The van der Waals surface area contributed by atoms with E-state index >= 15 is 0 Å². The van der Waals surface area contributed by atoms with Gasteiger partial charge in [-0.3, -0.25) is 0 Å². The Balaban J connectivity index is 2.47. The summed E-state index contributed by atoms with van der Waals surface area (Å²) in [5, 5.41) is 9.98. The molecular formula is C16H30O3. The Morgan fingerprint density at radius 1 is 1.53 bits per heavy atom. The Morgan fingerprint density at radius 2 is 2.26 bits per heavy atom. The first-order chi connectivity index (χ1) is 9.10. The molecule has 0 aromatic carbocycles. The first-order valence-electron chi connectivity index (χ1n) is 7.60. The van der Waals surface area contributed by atoms with E-state index in [1.165, 1.54) is 19.3 Å². The number of rotatable bonds is 8. The van der Waals surface area contributed by atoms with Gasteiger partial charge in [0.25, 0.3) is 0 Å². The molecule has 1 heterocycles. The van der Waals surface area contributed by atoms with Crippen molar-refractivity contribution >= 4 is 0 Å². The van der Waals surface area contributed by atoms with Gasteiger partial charge in [-0.05, 0) is 37.2 Å². The molecule has 1 N–H and O–H groups in total. The van der Waals surface area contributed by atoms with Crippen LogP contribution < -0.4 is 0 Å². The summed E-state index contributed by atoms with van der Waals surface area (Å²) in [6.45, 7) is 9.28. The van der Waals surface area contributed by atoms with E-state index in [9.17, 15) is 5.11 Å². The highest BCUT2D eigenvalue weighted by molar-refractivity contribution is 5.08. The van der Waals surface area contributed by atoms with Crippen LogP contribution in [-0.4, -0.2) is 37.1 Å². The number of aliphatic hydroxyl groups excluding tert-OH is 1. The Labute approximate surface area is 118 Å². The van der Waals surface area contributed by atoms with Gasteiger partial charge in [0.05, 0.1) is 12.2 Å². The van der Waals surface area contributed by atoms with Crippen LogP contribution in [0.15, 0.2) is 12.2 Å². The SMILES string of the molecule is C=C(C[C@H](OC)[C@@H](C)CCCC)[C@@H]1OCCC[C@@H]1O. The third-order valence-corrected chi connectivity index (χ3v) is 4.11. The van der Waals surface area contributed by atoms with Crippen molar-refractivity contribution in [2.75, 3.05) is 13.7 Å². The van der Waals surface area contributed by atoms with Crippen molar-refractivity contribution in [3.05, 3.63) is 12.2 Å². The fraction of sp³-hybridized carbons (Fsp3) is 0.875. The molecule has 1 saturated heterocycles. The quantitative estimate of drug-likeness (QED) is 0.688. The molecule has 4 atom stereocenters. The number of hydrogen-bond acceptors (Lipinski definition) is 3. The molecule has 1 aliphatic heterocycles. The van der Waals surface area contributed by atoms with Crippen LogP contribution in [0.5, 0.6) is 0 Å². The van der Waals surface area contributed by atoms with Gasteiger partial charge in [-0.25, -0.2) is 0 Å². The van der Waals surface area contributed by atoms with Crippen molar-refractivity contribution in [1.29, 1.82) is 0 Å². The summed E-state index contributed by atoms with van der Waals surface area (Å²) in [6.07, 6.45) is 5.73. The number of ether oxygens (including phenoxy) is 2. The van der Waals surface area contributed by atoms with Gasteiger partial charge in [-0.2, -0.15) is 0 Å². The summed E-state index contributed by atoms with van der Waals surface area (Å²) < 4.78 is 11.3. The largest absolute Gasteiger partial charge is 0.390 e. The molecule has 0 amide bonds. The zero-order valence-electron chi connectivity index (χ0n) is 12.7. The summed E-state index contributed by atoms with van der Waals surface area (Å²) >= 11 is 0. The highest BCUT2D eigenvalue weighted by atomic mass is 16.5. The van der Waals surface area contributed by atoms with E-state index in [0.29, 0.717) is 5.92 Å². The minimum atomic E-state index is -0.398. The summed E-state index contributed by atoms with van der Waals surface area (Å²) in [6, 6.07) is 0. The highest BCUT2D eigenvalue weighted by Crippen LogP contribution is 2.26. The first-order valence-corrected chi connectivity index (χ1v) is 7.60. The zero-order chi connectivity index (χ0) is 14.3. The molecule has 3 heteroatoms. The molecule has 1 fully saturated rings. The van der Waals surface area contributed by atoms with Crippen LogP contribution in [-0.2, 0) is 9.47 Å². The van der Waals surface area contributed by atoms with Crippen molar-refractivity contribution in [3.8, 4) is 0 Å². The number of aliphatic hydroxyl groups is 1. The van der Waals surface area contributed by atoms with Crippen LogP contribution in [0.25, 0.3) is 0 Å². The minimum absolute atomic E-state index is 0.178. The van der Waals surface area contributed by atoms with Gasteiger partial charge in [0.15, 0.2) is 0 Å². The maximum atomic E-state index is 9.98. The topological polar surface area (TPSA) is 38.7 Å². The molecule has 0 unspecified atom stereocenters. The van der Waals surface area contributed by atoms with Crippen molar-refractivity contribution in [3.63, 3.8) is 0 Å². The summed E-state index contributed by atoms with van der Waals surface area (Å²) in [5.74, 6) is 0.516. The molecule has 3 nitrogen and oxygen atoms in total. The molecule has 1 rings (SSSR count). The van der Waals surface area contributed by atoms with Crippen molar-refractivity contribution in [2.24, 2.45) is 5.92 Å². The van der Waals surface area contributed by atoms with E-state index in [0.717, 1.165) is 31.4 Å². The van der Waals surface area contributed by atoms with E-state index in [-0.39, 0.29) is 12.2 Å². The predicted molar refractivity (Wildman–Crippen MR) is 78.2 cm³/mol. The molecule has 112 valence electrons. The van der Waals surface area contributed by atoms with Crippen molar-refractivity contribution < 1.29 is 14.6 Å². The standard InChI is InChI=1S/C16H30O3/c1-5-6-8-12(2)15(18-4)11-13(3)16-14(17)9-7-10-19-16/h12,14-17H,3,5-11H2,1-2,4H3/t12-,14-,15-,16-/m0/s1. The molecule has 0 saturated carbocycles. The van der Waals surface area contributed by atoms with Crippen LogP contribution >= 0.6 is 0 Å². The summed E-state index contributed by atoms with van der Waals surface area (Å²) in [4.78, 5) is 0. The van der Waals surface area contributed by atoms with Gasteiger partial charge in [-0.15, -0.1) is 0 Å². The van der Waals surface area contributed by atoms with Crippen LogP contribution in [0.1, 0.15) is 52.4 Å². The lowest BCUT2D eigenvalue weighted by Crippen LogP contribution is -2.37. The van der Waals surface area contributed by atoms with Crippen LogP contribution in [0.3, 0.4) is 0 Å². The molecule has 1 aliphatic rings. The summed E-state index contributed by atoms with van der Waals surface area (Å²) in [7, 11) is 1.76. The van der Waals surface area contributed by atoms with Gasteiger partial charge in [0, 0.05) is 13.7 Å². The minimum Gasteiger partial charge on any atom is -0.390 e. The second-order valence-corrected chi connectivity index (χ2v) is 5.76. The second kappa shape index (κ2) is 8.72. The van der Waals surface area contributed by atoms with Gasteiger partial charge in [0.1, 0.15) is 6.10 Å². The smallest absolute Gasteiger partial charge is 0.104 e. The second-order valence-electron chi connectivity index (χ2n) is 5.76. The van der Waals surface area contributed by atoms with E-state index in [4.69, 9.17) is 9.47 Å². The van der Waals surface area contributed by atoms with E-state index in [2.05, 4.69) is 20.4 Å². The normalized spacial score (nSPS) is 26.9. The molecule has 0 spiro atoms. The Hall–Kier alpha value is -0.380. The average molecular weight is 270 g/mol. The first kappa shape index (κ1) is 16.7. The maximum absolute atomic E-state index is 9.98. The van der Waals surface area contributed by atoms with Gasteiger partial charge in [0.2, 0.25) is 0 Å². The van der Waals surface area contributed by atoms with Gasteiger partial charge in [-0.1, -0.05) is 33.3 Å². The molecule has 0 radical (unpaired) electrons. The lowest BCUT2D eigenvalue weighted by Gasteiger charge is -2.32. The fourth-order valence-electron chi connectivity index (χ4n) is 2.76. The molecule has 0 aromatic rings. The fourth-order valence-corrected chi connectivity index (χ4v) is 2.76. The zero-order valence-corrected chi connectivity index (χ0v) is 12.7. The van der Waals surface area contributed by atoms with Gasteiger partial charge >= 0.3 is 0 Å². The van der Waals surface area contributed by atoms with E-state index < -0.39 is 6.10 Å². The lowest BCUT2D eigenvalue weighted by atomic mass is 9.89. The summed E-state index contributed by atoms with van der Waals surface area (Å²) in [5.41, 5.74) is 0.974. The number of methoxy groups -OCH3 is 1. The number of unbranched alkanes of at least 4 members (excludes halogenated alkanes) is 1. The van der Waals surface area contributed by atoms with Crippen molar-refractivity contribution in [1.82, 2.24) is 0 Å². The molecular weight excluding hydrogens is 240 g/mol. The van der Waals surface area contributed by atoms with Crippen LogP contribution in [0, 0.1) is 5.92 Å². The maximum Gasteiger partial charge on any atom is 0.104 e. The Kier molecular flexibility index (Phi) is 7.66. The Morgan fingerprint density at radius 3 is 2.84 bits per heavy atom. The van der Waals surface area contributed by atoms with Gasteiger partial charge < -0.3 is 14.6 Å². The Bertz CT molecular complexity index is 265. The van der Waals surface area contributed by atoms with Crippen LogP contribution in [0.2, 0.25) is 0 Å². The monoisotopic (exact) mass is 270 g/mol. The molecule has 19 heavy (non-hydrogen) atoms. The van der Waals surface area contributed by atoms with Crippen LogP contribution in [0.4, 0.5) is 0 Å².